The fraction of sp³-hybridized carbons (Fsp3) is 0. The lowest BCUT2D eigenvalue weighted by Crippen LogP contribution is -2.34. The average molecular weight is 830 g/mol. The molecule has 0 spiro atoms. The molecule has 8 rings (SSSR count). The third-order valence-electron chi connectivity index (χ3n) is 9.20. The number of urea groups is 1. The van der Waals surface area contributed by atoms with Crippen molar-refractivity contribution in [1.29, 1.82) is 0 Å². The molecule has 0 radical (unpaired) electrons. The summed E-state index contributed by atoms with van der Waals surface area (Å²) < 4.78 is 5.95. The third-order valence-corrected chi connectivity index (χ3v) is 9.53. The van der Waals surface area contributed by atoms with E-state index in [-0.39, 0.29) is 45.7 Å². The number of halogens is 1. The minimum absolute atomic E-state index is 0.0221. The zero-order chi connectivity index (χ0) is 42.5. The second kappa shape index (κ2) is 17.1. The molecule has 0 saturated carbocycles. The highest BCUT2D eigenvalue weighted by Gasteiger charge is 2.21. The number of rotatable bonds is 10. The summed E-state index contributed by atoms with van der Waals surface area (Å²) in [5.41, 5.74) is 2.07. The minimum atomic E-state index is -0.868. The summed E-state index contributed by atoms with van der Waals surface area (Å²) in [6, 6.07) is 36.0. The minimum Gasteiger partial charge on any atom is -0.505 e. The Labute approximate surface area is 349 Å². The predicted molar refractivity (Wildman–Crippen MR) is 226 cm³/mol. The van der Waals surface area contributed by atoms with Gasteiger partial charge in [0.2, 0.25) is 18.2 Å². The van der Waals surface area contributed by atoms with E-state index < -0.39 is 29.3 Å². The second-order valence-electron chi connectivity index (χ2n) is 13.1. The Balaban J connectivity index is 0.968. The molecule has 7 aromatic carbocycles. The van der Waals surface area contributed by atoms with Crippen LogP contribution in [0.4, 0.5) is 33.2 Å². The highest BCUT2D eigenvalue weighted by molar-refractivity contribution is 6.33. The van der Waals surface area contributed by atoms with Gasteiger partial charge in [0.1, 0.15) is 11.4 Å². The molecule has 0 bridgehead atoms. The van der Waals surface area contributed by atoms with Crippen LogP contribution < -0.4 is 16.0 Å². The lowest BCUT2D eigenvalue weighted by Gasteiger charge is -2.11. The smallest absolute Gasteiger partial charge is 0.326 e. The van der Waals surface area contributed by atoms with Crippen molar-refractivity contribution in [1.82, 2.24) is 20.8 Å². The van der Waals surface area contributed by atoms with Gasteiger partial charge < -0.3 is 19.9 Å². The number of carbonyl (C=O) groups is 4. The zero-order valence-corrected chi connectivity index (χ0v) is 32.0. The SMILES string of the molecule is O=CNC(=O)c1cc2ccccc2c(N=Nc2ccc(-c3nnc(-c4ccc(N=Nc5c(O)c(C(=O)NC(=O)Nc6ccccc6Cl)cc6ccccc56)cc4)o3)cc2)c1O. The van der Waals surface area contributed by atoms with Gasteiger partial charge in [-0.15, -0.1) is 20.4 Å². The van der Waals surface area contributed by atoms with E-state index in [0.717, 1.165) is 0 Å². The van der Waals surface area contributed by atoms with Crippen molar-refractivity contribution >= 4 is 85.8 Å². The number of benzene rings is 7. The first-order valence-electron chi connectivity index (χ1n) is 18.2. The normalized spacial score (nSPS) is 11.3. The fourth-order valence-electron chi connectivity index (χ4n) is 6.21. The Morgan fingerprint density at radius 2 is 1.08 bits per heavy atom. The summed E-state index contributed by atoms with van der Waals surface area (Å²) >= 11 is 6.11. The maximum Gasteiger partial charge on any atom is 0.326 e. The van der Waals surface area contributed by atoms with Gasteiger partial charge in [0.15, 0.2) is 11.5 Å². The van der Waals surface area contributed by atoms with Gasteiger partial charge in [0.25, 0.3) is 11.8 Å². The van der Waals surface area contributed by atoms with E-state index in [9.17, 15) is 29.4 Å². The number of azo groups is 2. The van der Waals surface area contributed by atoms with Gasteiger partial charge in [-0.1, -0.05) is 72.3 Å². The van der Waals surface area contributed by atoms with Crippen molar-refractivity contribution in [2.75, 3.05) is 5.32 Å². The van der Waals surface area contributed by atoms with Crippen LogP contribution in [0.5, 0.6) is 11.5 Å². The monoisotopic (exact) mass is 829 g/mol. The van der Waals surface area contributed by atoms with Crippen LogP contribution in [-0.4, -0.2) is 44.7 Å². The number of fused-ring (bicyclic) bond motifs is 2. The molecule has 298 valence electrons. The third kappa shape index (κ3) is 8.36. The highest BCUT2D eigenvalue weighted by atomic mass is 35.5. The molecule has 61 heavy (non-hydrogen) atoms. The molecular weight excluding hydrogens is 802 g/mol. The maximum atomic E-state index is 13.2. The molecule has 0 aliphatic rings. The Hall–Kier alpha value is -8.63. The first kappa shape index (κ1) is 39.2. The van der Waals surface area contributed by atoms with E-state index >= 15 is 0 Å². The molecule has 0 fully saturated rings. The van der Waals surface area contributed by atoms with Gasteiger partial charge in [-0.25, -0.2) is 4.79 Å². The topological polar surface area (TPSA) is 233 Å². The summed E-state index contributed by atoms with van der Waals surface area (Å²) in [5.74, 6) is -2.09. The maximum absolute atomic E-state index is 13.2. The van der Waals surface area contributed by atoms with Crippen LogP contribution in [0.1, 0.15) is 20.7 Å². The lowest BCUT2D eigenvalue weighted by molar-refractivity contribution is -0.108. The number of para-hydroxylation sites is 1. The first-order chi connectivity index (χ1) is 29.7. The molecule has 17 heteroatoms. The van der Waals surface area contributed by atoms with Crippen molar-refractivity contribution in [3.63, 3.8) is 0 Å². The summed E-state index contributed by atoms with van der Waals surface area (Å²) in [4.78, 5) is 49.0. The highest BCUT2D eigenvalue weighted by Crippen LogP contribution is 2.41. The fourth-order valence-corrected chi connectivity index (χ4v) is 6.40. The Bertz CT molecular complexity index is 3080. The van der Waals surface area contributed by atoms with E-state index in [1.54, 1.807) is 121 Å². The van der Waals surface area contributed by atoms with E-state index in [0.29, 0.717) is 49.7 Å². The number of amides is 5. The van der Waals surface area contributed by atoms with Crippen LogP contribution in [0.2, 0.25) is 5.02 Å². The van der Waals surface area contributed by atoms with Gasteiger partial charge >= 0.3 is 6.03 Å². The Kier molecular flexibility index (Phi) is 11.0. The lowest BCUT2D eigenvalue weighted by atomic mass is 10.0. The molecule has 1 heterocycles. The molecule has 0 atom stereocenters. The number of aromatic hydroxyl groups is 2. The number of aromatic nitrogens is 2. The number of phenolic OH excluding ortho intramolecular Hbond substituents is 2. The van der Waals surface area contributed by atoms with Crippen molar-refractivity contribution in [3.8, 4) is 34.4 Å². The number of hydrogen-bond acceptors (Lipinski definition) is 13. The number of phenols is 2. The van der Waals surface area contributed by atoms with E-state index in [1.807, 2.05) is 5.32 Å². The second-order valence-corrected chi connectivity index (χ2v) is 13.5. The van der Waals surface area contributed by atoms with Gasteiger partial charge in [0.05, 0.1) is 33.2 Å². The average Bonchev–Trinajstić information content (AvgIpc) is 3.77. The molecule has 0 unspecified atom stereocenters. The number of imide groups is 2. The molecule has 5 amide bonds. The van der Waals surface area contributed by atoms with Crippen LogP contribution in [0, 0.1) is 0 Å². The largest absolute Gasteiger partial charge is 0.505 e. The van der Waals surface area contributed by atoms with Crippen molar-refractivity contribution in [3.05, 3.63) is 150 Å². The molecule has 0 saturated heterocycles. The molecular formula is C44H28ClN9O7. The van der Waals surface area contributed by atoms with E-state index in [2.05, 4.69) is 41.3 Å². The van der Waals surface area contributed by atoms with E-state index in [4.69, 9.17) is 16.0 Å². The summed E-state index contributed by atoms with van der Waals surface area (Å²) in [7, 11) is 0. The molecule has 5 N–H and O–H groups in total. The summed E-state index contributed by atoms with van der Waals surface area (Å²) in [6.07, 6.45) is 0.233. The van der Waals surface area contributed by atoms with Crippen molar-refractivity contribution in [2.24, 2.45) is 20.5 Å². The van der Waals surface area contributed by atoms with Crippen molar-refractivity contribution in [2.45, 2.75) is 0 Å². The van der Waals surface area contributed by atoms with Gasteiger partial charge in [-0.05, 0) is 83.6 Å². The molecule has 0 aliphatic carbocycles. The van der Waals surface area contributed by atoms with Gasteiger partial charge in [-0.2, -0.15) is 10.2 Å². The molecule has 16 nitrogen and oxygen atoms in total. The summed E-state index contributed by atoms with van der Waals surface area (Å²) in [5, 5.41) is 56.8. The van der Waals surface area contributed by atoms with E-state index in [1.165, 1.54) is 12.1 Å². The number of carbonyl (C=O) groups excluding carboxylic acids is 4. The number of hydrogen-bond donors (Lipinski definition) is 5. The Morgan fingerprint density at radius 1 is 0.607 bits per heavy atom. The number of nitrogens with zero attached hydrogens (tertiary/aromatic N) is 6. The summed E-state index contributed by atoms with van der Waals surface area (Å²) in [6.45, 7) is 0. The van der Waals surface area contributed by atoms with Crippen LogP contribution in [-0.2, 0) is 4.79 Å². The van der Waals surface area contributed by atoms with Gasteiger partial charge in [-0.3, -0.25) is 25.0 Å². The number of nitrogens with one attached hydrogen (secondary N) is 3. The number of anilines is 1. The first-order valence-corrected chi connectivity index (χ1v) is 18.5. The van der Waals surface area contributed by atoms with Crippen LogP contribution in [0.15, 0.2) is 158 Å². The quantitative estimate of drug-likeness (QED) is 0.0650. The predicted octanol–water partition coefficient (Wildman–Crippen LogP) is 10.5. The molecule has 0 aliphatic heterocycles. The van der Waals surface area contributed by atoms with Crippen molar-refractivity contribution < 1.29 is 33.8 Å². The van der Waals surface area contributed by atoms with Crippen LogP contribution in [0.3, 0.4) is 0 Å². The van der Waals surface area contributed by atoms with Crippen LogP contribution >= 0.6 is 11.6 Å². The Morgan fingerprint density at radius 3 is 1.59 bits per heavy atom. The van der Waals surface area contributed by atoms with Gasteiger partial charge in [0, 0.05) is 21.9 Å². The molecule has 1 aromatic heterocycles. The standard InChI is InChI=1S/C44H28ClN9O7/c45-34-11-5-6-12-35(34)47-44(60)48-41(59)33-22-27-8-2-4-10-31(27)37(39(33)57)52-50-29-19-15-25(16-20-29)43-54-53-42(61-43)24-13-17-28(18-14-24)49-51-36-30-9-3-1-7-26(30)21-32(38(36)56)40(58)46-23-55/h1-23,56-57H,(H,46,55,58)(H2,47,48,59,60). The van der Waals surface area contributed by atoms with Crippen LogP contribution in [0.25, 0.3) is 44.5 Å². The zero-order valence-electron chi connectivity index (χ0n) is 31.3. The molecule has 8 aromatic rings.